The van der Waals surface area contributed by atoms with Gasteiger partial charge in [-0.25, -0.2) is 8.91 Å². The van der Waals surface area contributed by atoms with Crippen molar-refractivity contribution in [3.05, 3.63) is 77.4 Å². The van der Waals surface area contributed by atoms with Crippen LogP contribution >= 0.6 is 0 Å². The molecule has 0 aliphatic heterocycles. The lowest BCUT2D eigenvalue weighted by atomic mass is 10.0. The number of nitrogens with one attached hydrogen (secondary N) is 2. The molecule has 0 bridgehead atoms. The van der Waals surface area contributed by atoms with Crippen LogP contribution in [0.15, 0.2) is 54.7 Å². The fourth-order valence-corrected chi connectivity index (χ4v) is 3.93. The Balaban J connectivity index is 1.52. The standard InChI is InChI=1S/C26H27FN6O2/c1-16-11-17(5-8-22(16)26(34)31-19-6-7-19)23-15-30-33-20(14-29-10-9-28)13-24(32-25(23)33)35-21-4-2-3-18(27)12-21/h2-5,8,11-13,15,19,29H,6-7,9-10,14,28H2,1H3,(H,31,34). The number of hydrogen-bond acceptors (Lipinski definition) is 6. The molecule has 1 fully saturated rings. The van der Waals surface area contributed by atoms with E-state index in [4.69, 9.17) is 10.5 Å². The summed E-state index contributed by atoms with van der Waals surface area (Å²) >= 11 is 0. The van der Waals surface area contributed by atoms with Crippen LogP contribution in [-0.2, 0) is 6.54 Å². The molecule has 0 unspecified atom stereocenters. The molecule has 0 spiro atoms. The maximum atomic E-state index is 13.7. The first kappa shape index (κ1) is 22.9. The first-order chi connectivity index (χ1) is 17.0. The van der Waals surface area contributed by atoms with E-state index in [2.05, 4.69) is 20.7 Å². The molecule has 1 aliphatic rings. The normalized spacial score (nSPS) is 13.2. The highest BCUT2D eigenvalue weighted by Crippen LogP contribution is 2.30. The van der Waals surface area contributed by atoms with Gasteiger partial charge >= 0.3 is 0 Å². The Morgan fingerprint density at radius 2 is 2.09 bits per heavy atom. The predicted octanol–water partition coefficient (Wildman–Crippen LogP) is 3.58. The van der Waals surface area contributed by atoms with E-state index in [1.165, 1.54) is 12.1 Å². The number of carbonyl (C=O) groups excluding carboxylic acids is 1. The van der Waals surface area contributed by atoms with Gasteiger partial charge in [0.2, 0.25) is 5.88 Å². The van der Waals surface area contributed by atoms with Gasteiger partial charge in [0, 0.05) is 48.9 Å². The number of aromatic nitrogens is 3. The van der Waals surface area contributed by atoms with Crippen LogP contribution in [0.2, 0.25) is 0 Å². The van der Waals surface area contributed by atoms with Crippen LogP contribution in [0.1, 0.15) is 34.5 Å². The average molecular weight is 475 g/mol. The van der Waals surface area contributed by atoms with E-state index < -0.39 is 0 Å². The van der Waals surface area contributed by atoms with Crippen LogP contribution in [0.5, 0.6) is 11.6 Å². The molecule has 4 N–H and O–H groups in total. The molecule has 2 aromatic carbocycles. The summed E-state index contributed by atoms with van der Waals surface area (Å²) < 4.78 is 21.3. The number of rotatable bonds is 9. The molecule has 2 aromatic heterocycles. The molecule has 5 rings (SSSR count). The summed E-state index contributed by atoms with van der Waals surface area (Å²) in [5.41, 5.74) is 10.3. The Labute approximate surface area is 202 Å². The van der Waals surface area contributed by atoms with E-state index in [1.807, 2.05) is 25.1 Å². The zero-order valence-corrected chi connectivity index (χ0v) is 19.4. The van der Waals surface area contributed by atoms with Gasteiger partial charge in [-0.15, -0.1) is 0 Å². The molecule has 0 radical (unpaired) electrons. The number of carbonyl (C=O) groups is 1. The van der Waals surface area contributed by atoms with Gasteiger partial charge < -0.3 is 21.1 Å². The van der Waals surface area contributed by atoms with E-state index in [1.54, 1.807) is 28.9 Å². The van der Waals surface area contributed by atoms with Crippen molar-refractivity contribution in [1.82, 2.24) is 25.2 Å². The van der Waals surface area contributed by atoms with Gasteiger partial charge in [-0.1, -0.05) is 18.2 Å². The number of aryl methyl sites for hydroxylation is 1. The van der Waals surface area contributed by atoms with E-state index in [0.717, 1.165) is 35.2 Å². The molecule has 180 valence electrons. The van der Waals surface area contributed by atoms with Crippen molar-refractivity contribution in [3.63, 3.8) is 0 Å². The average Bonchev–Trinajstić information content (AvgIpc) is 3.54. The van der Waals surface area contributed by atoms with Gasteiger partial charge in [-0.2, -0.15) is 10.1 Å². The highest BCUT2D eigenvalue weighted by atomic mass is 19.1. The Morgan fingerprint density at radius 1 is 1.23 bits per heavy atom. The highest BCUT2D eigenvalue weighted by molar-refractivity contribution is 5.96. The van der Waals surface area contributed by atoms with Crippen molar-refractivity contribution in [1.29, 1.82) is 0 Å². The lowest BCUT2D eigenvalue weighted by Gasteiger charge is -2.11. The van der Waals surface area contributed by atoms with E-state index in [9.17, 15) is 9.18 Å². The molecule has 2 heterocycles. The summed E-state index contributed by atoms with van der Waals surface area (Å²) in [7, 11) is 0. The summed E-state index contributed by atoms with van der Waals surface area (Å²) in [4.78, 5) is 17.2. The molecule has 8 nitrogen and oxygen atoms in total. The monoisotopic (exact) mass is 474 g/mol. The number of benzene rings is 2. The van der Waals surface area contributed by atoms with E-state index in [0.29, 0.717) is 48.5 Å². The van der Waals surface area contributed by atoms with Crippen LogP contribution in [-0.4, -0.2) is 39.6 Å². The van der Waals surface area contributed by atoms with E-state index >= 15 is 0 Å². The third-order valence-corrected chi connectivity index (χ3v) is 5.86. The Bertz CT molecular complexity index is 1380. The topological polar surface area (TPSA) is 107 Å². The van der Waals surface area contributed by atoms with Gasteiger partial charge in [0.05, 0.1) is 11.9 Å². The minimum atomic E-state index is -0.389. The number of hydrogen-bond donors (Lipinski definition) is 3. The Kier molecular flexibility index (Phi) is 6.43. The van der Waals surface area contributed by atoms with Crippen molar-refractivity contribution in [3.8, 4) is 22.8 Å². The van der Waals surface area contributed by atoms with Crippen molar-refractivity contribution < 1.29 is 13.9 Å². The van der Waals surface area contributed by atoms with Gasteiger partial charge in [0.1, 0.15) is 11.6 Å². The van der Waals surface area contributed by atoms with Crippen LogP contribution in [0.25, 0.3) is 16.8 Å². The minimum absolute atomic E-state index is 0.0476. The fourth-order valence-electron chi connectivity index (χ4n) is 3.93. The number of halogens is 1. The zero-order valence-electron chi connectivity index (χ0n) is 19.4. The molecule has 35 heavy (non-hydrogen) atoms. The molecule has 0 saturated heterocycles. The van der Waals surface area contributed by atoms with Crippen molar-refractivity contribution in [2.75, 3.05) is 13.1 Å². The Hall–Kier alpha value is -3.82. The molecule has 1 saturated carbocycles. The summed E-state index contributed by atoms with van der Waals surface area (Å²) in [5.74, 6) is 0.241. The lowest BCUT2D eigenvalue weighted by Crippen LogP contribution is -2.26. The third kappa shape index (κ3) is 5.16. The van der Waals surface area contributed by atoms with Crippen molar-refractivity contribution >= 4 is 11.6 Å². The van der Waals surface area contributed by atoms with Gasteiger partial charge in [-0.3, -0.25) is 4.79 Å². The molecule has 9 heteroatoms. The maximum Gasteiger partial charge on any atom is 0.251 e. The summed E-state index contributed by atoms with van der Waals surface area (Å²) in [6, 6.07) is 13.7. The number of amides is 1. The smallest absolute Gasteiger partial charge is 0.251 e. The molecule has 0 atom stereocenters. The second-order valence-corrected chi connectivity index (χ2v) is 8.68. The largest absolute Gasteiger partial charge is 0.439 e. The van der Waals surface area contributed by atoms with Crippen LogP contribution < -0.4 is 21.1 Å². The second-order valence-electron chi connectivity index (χ2n) is 8.68. The number of ether oxygens (including phenoxy) is 1. The second kappa shape index (κ2) is 9.81. The summed E-state index contributed by atoms with van der Waals surface area (Å²) in [6.07, 6.45) is 3.83. The Morgan fingerprint density at radius 3 is 2.83 bits per heavy atom. The van der Waals surface area contributed by atoms with Gasteiger partial charge in [0.25, 0.3) is 5.91 Å². The zero-order chi connectivity index (χ0) is 24.4. The van der Waals surface area contributed by atoms with Crippen LogP contribution in [0.4, 0.5) is 4.39 Å². The number of fused-ring (bicyclic) bond motifs is 1. The lowest BCUT2D eigenvalue weighted by molar-refractivity contribution is 0.0950. The quantitative estimate of drug-likeness (QED) is 0.320. The number of nitrogens with zero attached hydrogens (tertiary/aromatic N) is 3. The van der Waals surface area contributed by atoms with Crippen LogP contribution in [0, 0.1) is 12.7 Å². The third-order valence-electron chi connectivity index (χ3n) is 5.86. The minimum Gasteiger partial charge on any atom is -0.439 e. The first-order valence-electron chi connectivity index (χ1n) is 11.7. The fraction of sp³-hybridized carbons (Fsp3) is 0.269. The van der Waals surface area contributed by atoms with Crippen molar-refractivity contribution in [2.45, 2.75) is 32.4 Å². The van der Waals surface area contributed by atoms with Gasteiger partial charge in [-0.05, 0) is 49.1 Å². The molecule has 1 amide bonds. The molecular weight excluding hydrogens is 447 g/mol. The highest BCUT2D eigenvalue weighted by Gasteiger charge is 2.24. The van der Waals surface area contributed by atoms with Gasteiger partial charge in [0.15, 0.2) is 5.65 Å². The van der Waals surface area contributed by atoms with Crippen LogP contribution in [0.3, 0.4) is 0 Å². The van der Waals surface area contributed by atoms with E-state index in [-0.39, 0.29) is 11.7 Å². The molecule has 1 aliphatic carbocycles. The summed E-state index contributed by atoms with van der Waals surface area (Å²) in [6.45, 7) is 3.56. The SMILES string of the molecule is Cc1cc(-c2cnn3c(CNCCN)cc(Oc4cccc(F)c4)nc23)ccc1C(=O)NC1CC1. The predicted molar refractivity (Wildman–Crippen MR) is 131 cm³/mol. The first-order valence-corrected chi connectivity index (χ1v) is 11.7. The molecule has 4 aromatic rings. The molecular formula is C26H27FN6O2. The number of nitrogens with two attached hydrogens (primary N) is 1. The van der Waals surface area contributed by atoms with Crippen molar-refractivity contribution in [2.24, 2.45) is 5.73 Å². The maximum absolute atomic E-state index is 13.7. The summed E-state index contributed by atoms with van der Waals surface area (Å²) in [5, 5.41) is 10.9.